The largest absolute Gasteiger partial charge is 0.545 e. The maximum Gasteiger partial charge on any atom is 0.306 e. The Morgan fingerprint density at radius 3 is 0.977 bits per heavy atom. The molecule has 0 aromatic carbocycles. The summed E-state index contributed by atoms with van der Waals surface area (Å²) in [6, 6.07) is 0. The van der Waals surface area contributed by atoms with Crippen molar-refractivity contribution in [2.75, 3.05) is 47.5 Å². The maximum absolute atomic E-state index is 12.9. The number of allylic oxidation sites excluding steroid dienone is 18. The number of unbranched alkanes of at least 4 members (excludes halogenated alkanes) is 33. The molecule has 0 aliphatic carbocycles. The predicted octanol–water partition coefficient (Wildman–Crippen LogP) is 21.2. The van der Waals surface area contributed by atoms with Gasteiger partial charge in [0.05, 0.1) is 40.3 Å². The number of carboxylic acids is 1. The van der Waals surface area contributed by atoms with Crippen LogP contribution >= 0.6 is 0 Å². The Bertz CT molecular complexity index is 1800. The van der Waals surface area contributed by atoms with E-state index in [-0.39, 0.29) is 38.6 Å². The van der Waals surface area contributed by atoms with E-state index in [4.69, 9.17) is 18.9 Å². The fourth-order valence-electron chi connectivity index (χ4n) is 10.0. The summed E-state index contributed by atoms with van der Waals surface area (Å²) >= 11 is 0. The number of carbonyl (C=O) groups excluding carboxylic acids is 3. The Kier molecular flexibility index (Phi) is 64.7. The molecule has 0 saturated carbocycles. The molecule has 0 aromatic rings. The summed E-state index contributed by atoms with van der Waals surface area (Å²) in [4.78, 5) is 37.5. The van der Waals surface area contributed by atoms with E-state index in [2.05, 4.69) is 123 Å². The average Bonchev–Trinajstić information content (AvgIpc) is 3.56. The summed E-state index contributed by atoms with van der Waals surface area (Å²) in [5.41, 5.74) is 0. The van der Waals surface area contributed by atoms with E-state index in [1.807, 2.05) is 21.1 Å². The molecule has 0 aliphatic rings. The smallest absolute Gasteiger partial charge is 0.306 e. The van der Waals surface area contributed by atoms with Crippen LogP contribution in [0.4, 0.5) is 0 Å². The molecule has 0 aliphatic heterocycles. The lowest BCUT2D eigenvalue weighted by Crippen LogP contribution is -2.44. The third-order valence-electron chi connectivity index (χ3n) is 15.5. The molecule has 9 nitrogen and oxygen atoms in total. The number of rotatable bonds is 66. The number of ether oxygens (including phenoxy) is 4. The van der Waals surface area contributed by atoms with E-state index < -0.39 is 24.3 Å². The normalized spacial score (nSPS) is 13.3. The first-order chi connectivity index (χ1) is 42.6. The molecular formula is C78H135NO8. The van der Waals surface area contributed by atoms with Gasteiger partial charge in [0, 0.05) is 12.8 Å². The number of carbonyl (C=O) groups is 3. The summed E-state index contributed by atoms with van der Waals surface area (Å²) in [7, 11) is 5.93. The van der Waals surface area contributed by atoms with Gasteiger partial charge in [-0.1, -0.05) is 303 Å². The monoisotopic (exact) mass is 1210 g/mol. The van der Waals surface area contributed by atoms with Crippen LogP contribution in [-0.4, -0.2) is 82.3 Å². The SMILES string of the molecule is CC/C=C\C/C=C\C/C=C\C/C=C\C/C=C\C/C=C\C/C=C\CCCCCCCCCCCC(=O)OC(COC(=O)CCCCCCCCCCCCCCCCCCCCC/C=C\C/C=C\CCCCCCC)COC(OCC[N+](C)(C)C)C(=O)[O-]. The Morgan fingerprint density at radius 1 is 0.356 bits per heavy atom. The summed E-state index contributed by atoms with van der Waals surface area (Å²) < 4.78 is 22.8. The van der Waals surface area contributed by atoms with Crippen molar-refractivity contribution in [2.24, 2.45) is 0 Å². The Hall–Kier alpha value is -4.05. The van der Waals surface area contributed by atoms with Gasteiger partial charge in [0.15, 0.2) is 12.4 Å². The van der Waals surface area contributed by atoms with E-state index in [0.29, 0.717) is 17.4 Å². The van der Waals surface area contributed by atoms with Gasteiger partial charge in [0.2, 0.25) is 0 Å². The standard InChI is InChI=1S/C78H135NO8/c1-6-8-10-12-14-16-18-20-22-24-26-28-30-32-34-36-38-40-42-44-46-48-50-52-54-56-58-60-62-64-66-68-75(80)85-72-74(73-86-78(77(82)83)84-71-70-79(3,4)5)87-76(81)69-67-65-63-61-59-57-55-53-51-49-47-45-43-41-39-37-35-33-31-29-27-25-23-21-19-17-15-13-11-9-7-2/h9,11,15,17-18,20-21,23-24,26-27,29,33,35,39,41,45,47,74,78H,6-8,10,12-14,16,19,22,25,28,30-32,34,36-38,40,42-44,46,48-73H2,1-5H3/b11-9-,17-15-,20-18-,23-21-,26-24-,29-27-,35-33-,41-39-,47-45-. The molecule has 0 amide bonds. The van der Waals surface area contributed by atoms with Crippen LogP contribution < -0.4 is 5.11 Å². The molecular weight excluding hydrogens is 1080 g/mol. The van der Waals surface area contributed by atoms with Crippen molar-refractivity contribution >= 4 is 17.9 Å². The predicted molar refractivity (Wildman–Crippen MR) is 370 cm³/mol. The van der Waals surface area contributed by atoms with E-state index in [1.165, 1.54) is 180 Å². The van der Waals surface area contributed by atoms with Crippen molar-refractivity contribution in [3.05, 3.63) is 109 Å². The van der Waals surface area contributed by atoms with Crippen LogP contribution in [0, 0.1) is 0 Å². The maximum atomic E-state index is 12.9. The van der Waals surface area contributed by atoms with Crippen LogP contribution in [0.25, 0.3) is 0 Å². The second-order valence-corrected chi connectivity index (χ2v) is 25.1. The van der Waals surface area contributed by atoms with E-state index in [1.54, 1.807) is 0 Å². The lowest BCUT2D eigenvalue weighted by Gasteiger charge is -2.26. The zero-order valence-electron chi connectivity index (χ0n) is 57.1. The lowest BCUT2D eigenvalue weighted by atomic mass is 10.0. The molecule has 0 N–H and O–H groups in total. The zero-order chi connectivity index (χ0) is 63.3. The van der Waals surface area contributed by atoms with Gasteiger partial charge in [-0.05, 0) is 103 Å². The Balaban J connectivity index is 4.13. The van der Waals surface area contributed by atoms with Gasteiger partial charge in [0.1, 0.15) is 13.2 Å². The molecule has 0 saturated heterocycles. The van der Waals surface area contributed by atoms with Gasteiger partial charge in [-0.25, -0.2) is 0 Å². The number of hydrogen-bond donors (Lipinski definition) is 0. The fraction of sp³-hybridized carbons (Fsp3) is 0.731. The van der Waals surface area contributed by atoms with E-state index >= 15 is 0 Å². The van der Waals surface area contributed by atoms with Crippen molar-refractivity contribution in [2.45, 2.75) is 322 Å². The van der Waals surface area contributed by atoms with Gasteiger partial charge in [-0.15, -0.1) is 0 Å². The molecule has 500 valence electrons. The van der Waals surface area contributed by atoms with Crippen LogP contribution in [0.5, 0.6) is 0 Å². The van der Waals surface area contributed by atoms with E-state index in [9.17, 15) is 19.5 Å². The quantitative estimate of drug-likeness (QED) is 0.0195. The number of carboxylic acid groups (broad SMARTS) is 1. The molecule has 87 heavy (non-hydrogen) atoms. The minimum absolute atomic E-state index is 0.143. The zero-order valence-corrected chi connectivity index (χ0v) is 57.1. The number of quaternary nitrogens is 1. The van der Waals surface area contributed by atoms with Crippen molar-refractivity contribution in [3.8, 4) is 0 Å². The van der Waals surface area contributed by atoms with Crippen molar-refractivity contribution < 1.29 is 42.9 Å². The third-order valence-corrected chi connectivity index (χ3v) is 15.5. The highest BCUT2D eigenvalue weighted by molar-refractivity contribution is 5.70. The Morgan fingerprint density at radius 2 is 0.655 bits per heavy atom. The van der Waals surface area contributed by atoms with Crippen LogP contribution in [-0.2, 0) is 33.3 Å². The number of likely N-dealkylation sites (N-methyl/N-ethyl adjacent to an activating group) is 1. The van der Waals surface area contributed by atoms with E-state index in [0.717, 1.165) is 96.3 Å². The molecule has 0 aromatic heterocycles. The van der Waals surface area contributed by atoms with Crippen molar-refractivity contribution in [1.29, 1.82) is 0 Å². The topological polar surface area (TPSA) is 111 Å². The lowest BCUT2D eigenvalue weighted by molar-refractivity contribution is -0.870. The fourth-order valence-corrected chi connectivity index (χ4v) is 10.0. The van der Waals surface area contributed by atoms with Crippen LogP contribution in [0.15, 0.2) is 109 Å². The Labute approximate surface area is 536 Å². The van der Waals surface area contributed by atoms with Crippen LogP contribution in [0.1, 0.15) is 309 Å². The molecule has 0 spiro atoms. The van der Waals surface area contributed by atoms with Gasteiger partial charge >= 0.3 is 11.9 Å². The van der Waals surface area contributed by atoms with Gasteiger partial charge in [-0.3, -0.25) is 9.59 Å². The first kappa shape index (κ1) is 83.0. The summed E-state index contributed by atoms with van der Waals surface area (Å²) in [5.74, 6) is -2.28. The summed E-state index contributed by atoms with van der Waals surface area (Å²) in [5, 5.41) is 11.8. The summed E-state index contributed by atoms with van der Waals surface area (Å²) in [6.45, 7) is 4.64. The number of hydrogen-bond acceptors (Lipinski definition) is 8. The number of aliphatic carboxylic acids is 1. The summed E-state index contributed by atoms with van der Waals surface area (Å²) in [6.07, 6.45) is 91.7. The molecule has 0 rings (SSSR count). The molecule has 0 heterocycles. The van der Waals surface area contributed by atoms with Crippen LogP contribution in [0.3, 0.4) is 0 Å². The van der Waals surface area contributed by atoms with Gasteiger partial charge in [0.25, 0.3) is 0 Å². The first-order valence-corrected chi connectivity index (χ1v) is 36.0. The highest BCUT2D eigenvalue weighted by atomic mass is 16.7. The second kappa shape index (κ2) is 67.9. The number of esters is 2. The average molecular weight is 1210 g/mol. The van der Waals surface area contributed by atoms with Crippen molar-refractivity contribution in [3.63, 3.8) is 0 Å². The molecule has 0 bridgehead atoms. The third kappa shape index (κ3) is 69.3. The minimum atomic E-state index is -1.63. The molecule has 9 heteroatoms. The molecule has 0 radical (unpaired) electrons. The van der Waals surface area contributed by atoms with Gasteiger partial charge < -0.3 is 33.3 Å². The first-order valence-electron chi connectivity index (χ1n) is 36.0. The van der Waals surface area contributed by atoms with Crippen LogP contribution in [0.2, 0.25) is 0 Å². The number of nitrogens with zero attached hydrogens (tertiary/aromatic N) is 1. The highest BCUT2D eigenvalue weighted by Crippen LogP contribution is 2.17. The molecule has 2 atom stereocenters. The van der Waals surface area contributed by atoms with Crippen molar-refractivity contribution in [1.82, 2.24) is 0 Å². The minimum Gasteiger partial charge on any atom is -0.545 e. The molecule has 0 fully saturated rings. The molecule has 2 unspecified atom stereocenters. The van der Waals surface area contributed by atoms with Gasteiger partial charge in [-0.2, -0.15) is 0 Å². The second-order valence-electron chi connectivity index (χ2n) is 25.1. The highest BCUT2D eigenvalue weighted by Gasteiger charge is 2.22.